The van der Waals surface area contributed by atoms with E-state index >= 15 is 0 Å². The fraction of sp³-hybridized carbons (Fsp3) is 0.333. The minimum atomic E-state index is 0.213. The number of ether oxygens (including phenoxy) is 1. The summed E-state index contributed by atoms with van der Waals surface area (Å²) in [7, 11) is 0. The second-order valence-electron chi connectivity index (χ2n) is 1.72. The zero-order chi connectivity index (χ0) is 8.27. The predicted octanol–water partition coefficient (Wildman–Crippen LogP) is 2.18. The quantitative estimate of drug-likeness (QED) is 0.675. The Labute approximate surface area is 74.3 Å². The van der Waals surface area contributed by atoms with Crippen LogP contribution in [0.15, 0.2) is 6.20 Å². The molecule has 3 nitrogen and oxygen atoms in total. The van der Waals surface area contributed by atoms with E-state index in [1.165, 1.54) is 6.20 Å². The smallest absolute Gasteiger partial charge is 0.317 e. The van der Waals surface area contributed by atoms with E-state index in [1.54, 1.807) is 0 Å². The fourth-order valence-corrected chi connectivity index (χ4v) is 0.742. The van der Waals surface area contributed by atoms with Gasteiger partial charge in [-0.3, -0.25) is 0 Å². The summed E-state index contributed by atoms with van der Waals surface area (Å²) >= 11 is 11.2. The standard InChI is InChI=1S/C6H6Cl2N2O/c1-2-11-6-9-3-4(7)5(8)10-6/h3H,2H2,1H3. The van der Waals surface area contributed by atoms with Crippen molar-refractivity contribution in [3.63, 3.8) is 0 Å². The molecule has 0 fully saturated rings. The first kappa shape index (κ1) is 8.56. The first-order valence-corrected chi connectivity index (χ1v) is 3.80. The summed E-state index contributed by atoms with van der Waals surface area (Å²) in [5, 5.41) is 0.542. The molecule has 0 aromatic carbocycles. The highest BCUT2D eigenvalue weighted by Crippen LogP contribution is 2.19. The molecular weight excluding hydrogens is 187 g/mol. The van der Waals surface area contributed by atoms with Gasteiger partial charge in [-0.25, -0.2) is 4.98 Å². The monoisotopic (exact) mass is 192 g/mol. The van der Waals surface area contributed by atoms with Gasteiger partial charge in [0.05, 0.1) is 17.8 Å². The van der Waals surface area contributed by atoms with Crippen LogP contribution in [0.25, 0.3) is 0 Å². The number of aromatic nitrogens is 2. The molecule has 0 atom stereocenters. The van der Waals surface area contributed by atoms with Crippen LogP contribution in [0.4, 0.5) is 0 Å². The van der Waals surface area contributed by atoms with E-state index in [9.17, 15) is 0 Å². The second kappa shape index (κ2) is 3.74. The van der Waals surface area contributed by atoms with Crippen LogP contribution in [-0.4, -0.2) is 16.6 Å². The van der Waals surface area contributed by atoms with E-state index in [4.69, 9.17) is 27.9 Å². The van der Waals surface area contributed by atoms with E-state index in [2.05, 4.69) is 9.97 Å². The van der Waals surface area contributed by atoms with Crippen molar-refractivity contribution < 1.29 is 4.74 Å². The number of nitrogens with zero attached hydrogens (tertiary/aromatic N) is 2. The molecule has 0 spiro atoms. The summed E-state index contributed by atoms with van der Waals surface area (Å²) in [6.07, 6.45) is 1.40. The highest BCUT2D eigenvalue weighted by atomic mass is 35.5. The number of rotatable bonds is 2. The van der Waals surface area contributed by atoms with Crippen molar-refractivity contribution in [3.8, 4) is 6.01 Å². The maximum atomic E-state index is 5.59. The van der Waals surface area contributed by atoms with E-state index < -0.39 is 0 Å². The molecular formula is C6H6Cl2N2O. The summed E-state index contributed by atoms with van der Waals surface area (Å²) in [6, 6.07) is 0.252. The van der Waals surface area contributed by atoms with Gasteiger partial charge in [-0.1, -0.05) is 23.2 Å². The molecule has 0 saturated heterocycles. The van der Waals surface area contributed by atoms with Crippen molar-refractivity contribution in [1.29, 1.82) is 0 Å². The van der Waals surface area contributed by atoms with Gasteiger partial charge >= 0.3 is 6.01 Å². The van der Waals surface area contributed by atoms with E-state index in [0.717, 1.165) is 0 Å². The van der Waals surface area contributed by atoms with Gasteiger partial charge in [0.2, 0.25) is 0 Å². The minimum Gasteiger partial charge on any atom is -0.464 e. The summed E-state index contributed by atoms with van der Waals surface area (Å²) in [4.78, 5) is 7.54. The third-order valence-electron chi connectivity index (χ3n) is 0.953. The van der Waals surface area contributed by atoms with Crippen molar-refractivity contribution in [1.82, 2.24) is 9.97 Å². The van der Waals surface area contributed by atoms with Crippen LogP contribution in [0.5, 0.6) is 6.01 Å². The molecule has 11 heavy (non-hydrogen) atoms. The molecule has 0 aliphatic rings. The average Bonchev–Trinajstić information content (AvgIpc) is 1.98. The van der Waals surface area contributed by atoms with Crippen molar-refractivity contribution in [3.05, 3.63) is 16.4 Å². The average molecular weight is 193 g/mol. The third kappa shape index (κ3) is 2.20. The normalized spacial score (nSPS) is 9.73. The van der Waals surface area contributed by atoms with Gasteiger partial charge in [0.15, 0.2) is 5.15 Å². The van der Waals surface area contributed by atoms with Gasteiger partial charge in [0.25, 0.3) is 0 Å². The van der Waals surface area contributed by atoms with Crippen LogP contribution in [0.3, 0.4) is 0 Å². The molecule has 0 aliphatic carbocycles. The minimum absolute atomic E-state index is 0.213. The van der Waals surface area contributed by atoms with Crippen molar-refractivity contribution in [2.24, 2.45) is 0 Å². The van der Waals surface area contributed by atoms with E-state index in [-0.39, 0.29) is 11.2 Å². The summed E-state index contributed by atoms with van der Waals surface area (Å²) < 4.78 is 4.98. The first-order chi connectivity index (χ1) is 5.24. The van der Waals surface area contributed by atoms with Gasteiger partial charge in [-0.05, 0) is 6.92 Å². The molecule has 5 heteroatoms. The maximum Gasteiger partial charge on any atom is 0.317 e. The van der Waals surface area contributed by atoms with E-state index in [1.807, 2.05) is 6.92 Å². The van der Waals surface area contributed by atoms with Crippen molar-refractivity contribution >= 4 is 23.2 Å². The lowest BCUT2D eigenvalue weighted by Crippen LogP contribution is -1.96. The van der Waals surface area contributed by atoms with Gasteiger partial charge in [-0.2, -0.15) is 4.98 Å². The van der Waals surface area contributed by atoms with Crippen molar-refractivity contribution in [2.75, 3.05) is 6.61 Å². The van der Waals surface area contributed by atoms with Gasteiger partial charge in [-0.15, -0.1) is 0 Å². The van der Waals surface area contributed by atoms with Crippen LogP contribution in [0, 0.1) is 0 Å². The Hall–Kier alpha value is -0.540. The number of halogens is 2. The lowest BCUT2D eigenvalue weighted by atomic mass is 10.7. The molecule has 1 heterocycles. The van der Waals surface area contributed by atoms with Crippen LogP contribution >= 0.6 is 23.2 Å². The molecule has 1 aromatic heterocycles. The second-order valence-corrected chi connectivity index (χ2v) is 2.49. The Bertz CT molecular complexity index is 254. The zero-order valence-electron chi connectivity index (χ0n) is 5.84. The first-order valence-electron chi connectivity index (χ1n) is 3.05. The van der Waals surface area contributed by atoms with Crippen LogP contribution in [0.1, 0.15) is 6.92 Å². The van der Waals surface area contributed by atoms with Gasteiger partial charge in [0.1, 0.15) is 0 Å². The molecule has 0 aliphatic heterocycles. The van der Waals surface area contributed by atoms with Crippen LogP contribution < -0.4 is 4.74 Å². The topological polar surface area (TPSA) is 35.0 Å². The van der Waals surface area contributed by atoms with Crippen LogP contribution in [-0.2, 0) is 0 Å². The molecule has 60 valence electrons. The number of hydrogen-bond acceptors (Lipinski definition) is 3. The molecule has 0 amide bonds. The molecule has 0 unspecified atom stereocenters. The molecule has 0 radical (unpaired) electrons. The Kier molecular flexibility index (Phi) is 2.91. The Morgan fingerprint density at radius 1 is 1.55 bits per heavy atom. The fourth-order valence-electron chi connectivity index (χ4n) is 0.530. The zero-order valence-corrected chi connectivity index (χ0v) is 7.35. The highest BCUT2D eigenvalue weighted by Gasteiger charge is 2.01. The lowest BCUT2D eigenvalue weighted by molar-refractivity contribution is 0.312. The third-order valence-corrected chi connectivity index (χ3v) is 1.61. The lowest BCUT2D eigenvalue weighted by Gasteiger charge is -1.99. The molecule has 1 rings (SSSR count). The summed E-state index contributed by atoms with van der Waals surface area (Å²) in [5.74, 6) is 0. The largest absolute Gasteiger partial charge is 0.464 e. The van der Waals surface area contributed by atoms with Crippen molar-refractivity contribution in [2.45, 2.75) is 6.92 Å². The Morgan fingerprint density at radius 2 is 2.27 bits per heavy atom. The SMILES string of the molecule is CCOc1ncc(Cl)c(Cl)n1. The van der Waals surface area contributed by atoms with E-state index in [0.29, 0.717) is 11.6 Å². The molecule has 0 bridgehead atoms. The van der Waals surface area contributed by atoms with Gasteiger partial charge < -0.3 is 4.74 Å². The summed E-state index contributed by atoms with van der Waals surface area (Å²) in [5.41, 5.74) is 0. The molecule has 0 N–H and O–H groups in total. The van der Waals surface area contributed by atoms with Gasteiger partial charge in [0, 0.05) is 0 Å². The van der Waals surface area contributed by atoms with Crippen LogP contribution in [0.2, 0.25) is 10.2 Å². The molecule has 0 saturated carbocycles. The molecule has 1 aromatic rings. The summed E-state index contributed by atoms with van der Waals surface area (Å²) in [6.45, 7) is 2.35. The Morgan fingerprint density at radius 3 is 2.82 bits per heavy atom. The predicted molar refractivity (Wildman–Crippen MR) is 43.2 cm³/mol. The maximum absolute atomic E-state index is 5.59. The number of hydrogen-bond donors (Lipinski definition) is 0. The highest BCUT2D eigenvalue weighted by molar-refractivity contribution is 6.41. The Balaban J connectivity index is 2.86.